The van der Waals surface area contributed by atoms with E-state index in [0.29, 0.717) is 0 Å². The van der Waals surface area contributed by atoms with E-state index in [9.17, 15) is 4.79 Å². The highest BCUT2D eigenvalue weighted by atomic mass is 32.1. The second kappa shape index (κ2) is 4.77. The Labute approximate surface area is 83.1 Å². The van der Waals surface area contributed by atoms with Crippen LogP contribution < -0.4 is 10.0 Å². The van der Waals surface area contributed by atoms with Gasteiger partial charge in [0, 0.05) is 5.69 Å². The third-order valence-electron chi connectivity index (χ3n) is 1.63. The molecule has 0 heterocycles. The summed E-state index contributed by atoms with van der Waals surface area (Å²) in [7, 11) is 0. The lowest BCUT2D eigenvalue weighted by atomic mass is 10.2. The molecule has 0 saturated carbocycles. The Hall–Kier alpha value is -1.16. The van der Waals surface area contributed by atoms with Crippen LogP contribution >= 0.6 is 12.8 Å². The summed E-state index contributed by atoms with van der Waals surface area (Å²) in [4.78, 5) is 10.8. The zero-order valence-corrected chi connectivity index (χ0v) is 8.27. The number of aryl methyl sites for hydroxylation is 1. The lowest BCUT2D eigenvalue weighted by molar-refractivity contribution is -0.117. The second-order valence-corrected chi connectivity index (χ2v) is 2.98. The summed E-state index contributed by atoms with van der Waals surface area (Å²) < 4.78 is 2.24. The molecule has 0 atom stereocenters. The van der Waals surface area contributed by atoms with Crippen LogP contribution in [0.2, 0.25) is 0 Å². The van der Waals surface area contributed by atoms with Gasteiger partial charge in [-0.05, 0) is 19.1 Å². The predicted octanol–water partition coefficient (Wildman–Crippen LogP) is 1.37. The Morgan fingerprint density at radius 1 is 1.38 bits per heavy atom. The summed E-state index contributed by atoms with van der Waals surface area (Å²) in [6.07, 6.45) is 0. The smallest absolute Gasteiger partial charge is 0.248 e. The van der Waals surface area contributed by atoms with Gasteiger partial charge in [0.05, 0.1) is 6.54 Å². The molecule has 0 aromatic heterocycles. The van der Waals surface area contributed by atoms with Gasteiger partial charge >= 0.3 is 0 Å². The van der Waals surface area contributed by atoms with E-state index >= 15 is 0 Å². The minimum Gasteiger partial charge on any atom is -0.376 e. The standard InChI is InChI=1S/C9H12N2OS/c1-7-2-4-8(5-3-7)10-6-9(12)11-13/h2-5,10,13H,6H2,1H3,(H,11,12). The third-order valence-corrected chi connectivity index (χ3v) is 1.88. The Balaban J connectivity index is 2.46. The molecule has 0 aliphatic rings. The average Bonchev–Trinajstić information content (AvgIpc) is 2.16. The van der Waals surface area contributed by atoms with Gasteiger partial charge < -0.3 is 10.0 Å². The number of amides is 1. The molecule has 1 rings (SSSR count). The fourth-order valence-electron chi connectivity index (χ4n) is 0.893. The highest BCUT2D eigenvalue weighted by Gasteiger charge is 1.96. The lowest BCUT2D eigenvalue weighted by Crippen LogP contribution is -2.22. The van der Waals surface area contributed by atoms with E-state index < -0.39 is 0 Å². The summed E-state index contributed by atoms with van der Waals surface area (Å²) in [6.45, 7) is 2.26. The maximum Gasteiger partial charge on any atom is 0.248 e. The molecule has 4 heteroatoms. The van der Waals surface area contributed by atoms with Crippen LogP contribution in [0.4, 0.5) is 5.69 Å². The molecule has 2 N–H and O–H groups in total. The van der Waals surface area contributed by atoms with E-state index in [4.69, 9.17) is 0 Å². The number of hydrogen-bond acceptors (Lipinski definition) is 3. The second-order valence-electron chi connectivity index (χ2n) is 2.75. The summed E-state index contributed by atoms with van der Waals surface area (Å²) in [5, 5.41) is 2.96. The van der Waals surface area contributed by atoms with E-state index in [-0.39, 0.29) is 12.5 Å². The maximum atomic E-state index is 10.8. The van der Waals surface area contributed by atoms with Gasteiger partial charge in [-0.15, -0.1) is 0 Å². The van der Waals surface area contributed by atoms with Crippen LogP contribution in [-0.2, 0) is 4.79 Å². The normalized spacial score (nSPS) is 9.38. The number of nitrogens with one attached hydrogen (secondary N) is 2. The molecule has 13 heavy (non-hydrogen) atoms. The van der Waals surface area contributed by atoms with Crippen LogP contribution in [0.3, 0.4) is 0 Å². The van der Waals surface area contributed by atoms with Crippen LogP contribution in [0, 0.1) is 6.92 Å². The zero-order chi connectivity index (χ0) is 9.68. The number of anilines is 1. The van der Waals surface area contributed by atoms with E-state index in [1.54, 1.807) is 0 Å². The predicted molar refractivity (Wildman–Crippen MR) is 56.8 cm³/mol. The van der Waals surface area contributed by atoms with Crippen molar-refractivity contribution in [3.63, 3.8) is 0 Å². The molecule has 0 spiro atoms. The van der Waals surface area contributed by atoms with Gasteiger partial charge in [0.15, 0.2) is 0 Å². The Morgan fingerprint density at radius 2 is 2.00 bits per heavy atom. The molecule has 3 nitrogen and oxygen atoms in total. The van der Waals surface area contributed by atoms with Gasteiger partial charge in [-0.25, -0.2) is 0 Å². The van der Waals surface area contributed by atoms with Crippen molar-refractivity contribution in [3.05, 3.63) is 29.8 Å². The third kappa shape index (κ3) is 3.38. The molecule has 0 fully saturated rings. The van der Waals surface area contributed by atoms with Crippen LogP contribution in [-0.4, -0.2) is 12.5 Å². The molecule has 0 saturated heterocycles. The van der Waals surface area contributed by atoms with Crippen molar-refractivity contribution in [2.45, 2.75) is 6.92 Å². The van der Waals surface area contributed by atoms with Crippen molar-refractivity contribution in [2.24, 2.45) is 0 Å². The van der Waals surface area contributed by atoms with Crippen molar-refractivity contribution in [1.82, 2.24) is 4.72 Å². The first-order chi connectivity index (χ1) is 6.22. The highest BCUT2D eigenvalue weighted by Crippen LogP contribution is 2.07. The summed E-state index contributed by atoms with van der Waals surface area (Å²) >= 11 is 3.64. The molecule has 0 radical (unpaired) electrons. The molecule has 0 aliphatic heterocycles. The molecular formula is C9H12N2OS. The van der Waals surface area contributed by atoms with Gasteiger partial charge in [0.1, 0.15) is 0 Å². The largest absolute Gasteiger partial charge is 0.376 e. The summed E-state index contributed by atoms with van der Waals surface area (Å²) in [6, 6.07) is 7.84. The van der Waals surface area contributed by atoms with Gasteiger partial charge in [-0.2, -0.15) is 0 Å². The van der Waals surface area contributed by atoms with Crippen molar-refractivity contribution in [3.8, 4) is 0 Å². The van der Waals surface area contributed by atoms with Crippen LogP contribution in [0.25, 0.3) is 0 Å². The molecule has 0 bridgehead atoms. The number of thiol groups is 1. The maximum absolute atomic E-state index is 10.8. The Morgan fingerprint density at radius 3 is 2.54 bits per heavy atom. The molecule has 1 amide bonds. The monoisotopic (exact) mass is 196 g/mol. The summed E-state index contributed by atoms with van der Waals surface area (Å²) in [5.41, 5.74) is 2.13. The van der Waals surface area contributed by atoms with E-state index in [1.165, 1.54) is 5.56 Å². The van der Waals surface area contributed by atoms with Crippen LogP contribution in [0.1, 0.15) is 5.56 Å². The van der Waals surface area contributed by atoms with Crippen molar-refractivity contribution in [2.75, 3.05) is 11.9 Å². The fraction of sp³-hybridized carbons (Fsp3) is 0.222. The van der Waals surface area contributed by atoms with Crippen molar-refractivity contribution in [1.29, 1.82) is 0 Å². The number of benzene rings is 1. The number of rotatable bonds is 3. The van der Waals surface area contributed by atoms with E-state index in [0.717, 1.165) is 5.69 Å². The average molecular weight is 196 g/mol. The molecule has 70 valence electrons. The summed E-state index contributed by atoms with van der Waals surface area (Å²) in [5.74, 6) is -0.149. The highest BCUT2D eigenvalue weighted by molar-refractivity contribution is 7.78. The van der Waals surface area contributed by atoms with Gasteiger partial charge in [0.25, 0.3) is 0 Å². The van der Waals surface area contributed by atoms with E-state index in [2.05, 4.69) is 22.9 Å². The number of carbonyl (C=O) groups is 1. The molecule has 0 unspecified atom stereocenters. The molecule has 0 aliphatic carbocycles. The topological polar surface area (TPSA) is 41.1 Å². The van der Waals surface area contributed by atoms with Crippen molar-refractivity contribution >= 4 is 24.4 Å². The van der Waals surface area contributed by atoms with Gasteiger partial charge in [-0.3, -0.25) is 4.79 Å². The number of hydrogen-bond donors (Lipinski definition) is 3. The minimum atomic E-state index is -0.149. The SMILES string of the molecule is Cc1ccc(NCC(=O)NS)cc1. The molecule has 1 aromatic rings. The Kier molecular flexibility index (Phi) is 3.64. The van der Waals surface area contributed by atoms with E-state index in [1.807, 2.05) is 31.2 Å². The minimum absolute atomic E-state index is 0.149. The van der Waals surface area contributed by atoms with Gasteiger partial charge in [-0.1, -0.05) is 30.5 Å². The number of carbonyl (C=O) groups excluding carboxylic acids is 1. The van der Waals surface area contributed by atoms with Crippen LogP contribution in [0.5, 0.6) is 0 Å². The molecular weight excluding hydrogens is 184 g/mol. The first kappa shape index (κ1) is 9.92. The van der Waals surface area contributed by atoms with Gasteiger partial charge in [0.2, 0.25) is 5.91 Å². The zero-order valence-electron chi connectivity index (χ0n) is 7.37. The first-order valence-electron chi connectivity index (χ1n) is 3.96. The first-order valence-corrected chi connectivity index (χ1v) is 4.40. The lowest BCUT2D eigenvalue weighted by Gasteiger charge is -2.04. The Bertz CT molecular complexity index is 284. The molecule has 1 aromatic carbocycles. The quantitative estimate of drug-likeness (QED) is 0.639. The fourth-order valence-corrected chi connectivity index (χ4v) is 0.972. The van der Waals surface area contributed by atoms with Crippen LogP contribution in [0.15, 0.2) is 24.3 Å². The van der Waals surface area contributed by atoms with Crippen molar-refractivity contribution < 1.29 is 4.79 Å².